The molecule has 0 aliphatic rings. The van der Waals surface area contributed by atoms with Crippen molar-refractivity contribution < 1.29 is 5.11 Å². The van der Waals surface area contributed by atoms with Gasteiger partial charge in [0, 0.05) is 16.8 Å². The van der Waals surface area contributed by atoms with Crippen LogP contribution in [0, 0.1) is 0 Å². The molecular weight excluding hydrogens is 286 g/mol. The molecular formula is C8H11Br2NO. The van der Waals surface area contributed by atoms with E-state index < -0.39 is 0 Å². The molecule has 3 N–H and O–H groups in total. The van der Waals surface area contributed by atoms with Crippen LogP contribution in [0.3, 0.4) is 0 Å². The van der Waals surface area contributed by atoms with Crippen LogP contribution in [0.1, 0.15) is 5.56 Å². The van der Waals surface area contributed by atoms with E-state index in [4.69, 9.17) is 10.8 Å². The summed E-state index contributed by atoms with van der Waals surface area (Å²) in [4.78, 5) is 0. The van der Waals surface area contributed by atoms with Gasteiger partial charge in [0.05, 0.1) is 0 Å². The Kier molecular flexibility index (Phi) is 5.53. The van der Waals surface area contributed by atoms with E-state index in [9.17, 15) is 0 Å². The third kappa shape index (κ3) is 3.13. The van der Waals surface area contributed by atoms with Gasteiger partial charge < -0.3 is 10.8 Å². The SMILES string of the molecule is Br.Nc1ccc(Br)cc1CCO. The molecule has 68 valence electrons. The van der Waals surface area contributed by atoms with E-state index in [-0.39, 0.29) is 23.6 Å². The van der Waals surface area contributed by atoms with Crippen molar-refractivity contribution in [1.82, 2.24) is 0 Å². The lowest BCUT2D eigenvalue weighted by Crippen LogP contribution is -1.96. The number of hydrogen-bond acceptors (Lipinski definition) is 2. The molecule has 0 saturated carbocycles. The van der Waals surface area contributed by atoms with Gasteiger partial charge in [0.2, 0.25) is 0 Å². The van der Waals surface area contributed by atoms with Gasteiger partial charge in [-0.25, -0.2) is 0 Å². The summed E-state index contributed by atoms with van der Waals surface area (Å²) in [7, 11) is 0. The van der Waals surface area contributed by atoms with Gasteiger partial charge >= 0.3 is 0 Å². The van der Waals surface area contributed by atoms with Crippen molar-refractivity contribution in [3.63, 3.8) is 0 Å². The molecule has 0 aliphatic carbocycles. The number of hydrogen-bond donors (Lipinski definition) is 2. The molecule has 0 amide bonds. The van der Waals surface area contributed by atoms with Gasteiger partial charge in [0.1, 0.15) is 0 Å². The zero-order chi connectivity index (χ0) is 8.27. The highest BCUT2D eigenvalue weighted by molar-refractivity contribution is 9.10. The Morgan fingerprint density at radius 3 is 2.67 bits per heavy atom. The average molecular weight is 297 g/mol. The first-order valence-electron chi connectivity index (χ1n) is 3.39. The molecule has 0 saturated heterocycles. The third-order valence-corrected chi connectivity index (χ3v) is 1.98. The van der Waals surface area contributed by atoms with Gasteiger partial charge in [-0.2, -0.15) is 0 Å². The quantitative estimate of drug-likeness (QED) is 0.822. The first-order chi connectivity index (χ1) is 5.24. The highest BCUT2D eigenvalue weighted by Crippen LogP contribution is 2.18. The summed E-state index contributed by atoms with van der Waals surface area (Å²) in [6.07, 6.45) is 0.616. The molecule has 0 aromatic heterocycles. The number of aliphatic hydroxyl groups excluding tert-OH is 1. The molecule has 0 atom stereocenters. The minimum absolute atomic E-state index is 0. The monoisotopic (exact) mass is 295 g/mol. The molecule has 2 nitrogen and oxygen atoms in total. The minimum Gasteiger partial charge on any atom is -0.399 e. The molecule has 0 heterocycles. The predicted molar refractivity (Wildman–Crippen MR) is 59.7 cm³/mol. The largest absolute Gasteiger partial charge is 0.399 e. The maximum atomic E-state index is 8.66. The molecule has 0 fully saturated rings. The zero-order valence-corrected chi connectivity index (χ0v) is 9.76. The van der Waals surface area contributed by atoms with E-state index in [1.54, 1.807) is 0 Å². The van der Waals surface area contributed by atoms with E-state index in [1.807, 2.05) is 18.2 Å². The summed E-state index contributed by atoms with van der Waals surface area (Å²) >= 11 is 3.33. The molecule has 0 unspecified atom stereocenters. The standard InChI is InChI=1S/C8H10BrNO.BrH/c9-7-1-2-8(10)6(5-7)3-4-11;/h1-2,5,11H,3-4,10H2;1H. The normalized spacial score (nSPS) is 9.17. The van der Waals surface area contributed by atoms with Crippen LogP contribution in [-0.2, 0) is 6.42 Å². The fourth-order valence-corrected chi connectivity index (χ4v) is 1.32. The van der Waals surface area contributed by atoms with Crippen LogP contribution in [-0.4, -0.2) is 11.7 Å². The topological polar surface area (TPSA) is 46.2 Å². The Morgan fingerprint density at radius 1 is 1.42 bits per heavy atom. The van der Waals surface area contributed by atoms with Crippen molar-refractivity contribution in [3.8, 4) is 0 Å². The maximum absolute atomic E-state index is 8.66. The molecule has 0 spiro atoms. The average Bonchev–Trinajstić information content (AvgIpc) is 1.98. The van der Waals surface area contributed by atoms with Crippen LogP contribution < -0.4 is 5.73 Å². The second-order valence-corrected chi connectivity index (χ2v) is 3.23. The molecule has 1 aromatic rings. The van der Waals surface area contributed by atoms with E-state index >= 15 is 0 Å². The highest BCUT2D eigenvalue weighted by Gasteiger charge is 1.97. The van der Waals surface area contributed by atoms with Gasteiger partial charge in [-0.05, 0) is 30.2 Å². The fourth-order valence-electron chi connectivity index (χ4n) is 0.911. The van der Waals surface area contributed by atoms with Crippen molar-refractivity contribution in [2.45, 2.75) is 6.42 Å². The first-order valence-corrected chi connectivity index (χ1v) is 4.18. The first kappa shape index (κ1) is 11.9. The lowest BCUT2D eigenvalue weighted by atomic mass is 10.1. The summed E-state index contributed by atoms with van der Waals surface area (Å²) in [5.74, 6) is 0. The fraction of sp³-hybridized carbons (Fsp3) is 0.250. The van der Waals surface area contributed by atoms with Gasteiger partial charge in [0.15, 0.2) is 0 Å². The Labute approximate surface area is 90.7 Å². The molecule has 0 bridgehead atoms. The molecule has 4 heteroatoms. The van der Waals surface area contributed by atoms with Crippen LogP contribution in [0.2, 0.25) is 0 Å². The van der Waals surface area contributed by atoms with Gasteiger partial charge in [-0.1, -0.05) is 15.9 Å². The van der Waals surface area contributed by atoms with Crippen LogP contribution in [0.4, 0.5) is 5.69 Å². The molecule has 0 radical (unpaired) electrons. The van der Waals surface area contributed by atoms with Crippen LogP contribution in [0.15, 0.2) is 22.7 Å². The Hall–Kier alpha value is -0.0600. The summed E-state index contributed by atoms with van der Waals surface area (Å²) in [6, 6.07) is 5.64. The van der Waals surface area contributed by atoms with E-state index in [0.29, 0.717) is 6.42 Å². The number of nitrogens with two attached hydrogens (primary N) is 1. The van der Waals surface area contributed by atoms with Crippen molar-refractivity contribution >= 4 is 38.6 Å². The molecule has 0 aliphatic heterocycles. The van der Waals surface area contributed by atoms with E-state index in [1.165, 1.54) is 0 Å². The Bertz CT molecular complexity index is 253. The predicted octanol–water partition coefficient (Wildman–Crippen LogP) is 2.14. The second kappa shape index (κ2) is 5.56. The summed E-state index contributed by atoms with van der Waals surface area (Å²) < 4.78 is 0.996. The zero-order valence-electron chi connectivity index (χ0n) is 6.46. The van der Waals surface area contributed by atoms with Crippen molar-refractivity contribution in [3.05, 3.63) is 28.2 Å². The number of aliphatic hydroxyl groups is 1. The van der Waals surface area contributed by atoms with Crippen molar-refractivity contribution in [1.29, 1.82) is 0 Å². The summed E-state index contributed by atoms with van der Waals surface area (Å²) in [5.41, 5.74) is 7.37. The van der Waals surface area contributed by atoms with Crippen LogP contribution in [0.5, 0.6) is 0 Å². The lowest BCUT2D eigenvalue weighted by Gasteiger charge is -2.02. The van der Waals surface area contributed by atoms with Crippen LogP contribution in [0.25, 0.3) is 0 Å². The van der Waals surface area contributed by atoms with Crippen molar-refractivity contribution in [2.24, 2.45) is 0 Å². The number of halogens is 2. The van der Waals surface area contributed by atoms with Gasteiger partial charge in [-0.15, -0.1) is 17.0 Å². The highest BCUT2D eigenvalue weighted by atomic mass is 79.9. The molecule has 12 heavy (non-hydrogen) atoms. The Balaban J connectivity index is 0.00000121. The van der Waals surface area contributed by atoms with Crippen LogP contribution >= 0.6 is 32.9 Å². The smallest absolute Gasteiger partial charge is 0.0472 e. The number of rotatable bonds is 2. The van der Waals surface area contributed by atoms with E-state index in [0.717, 1.165) is 15.7 Å². The van der Waals surface area contributed by atoms with Crippen molar-refractivity contribution in [2.75, 3.05) is 12.3 Å². The minimum atomic E-state index is 0. The van der Waals surface area contributed by atoms with Gasteiger partial charge in [0.25, 0.3) is 0 Å². The third-order valence-electron chi connectivity index (χ3n) is 1.49. The number of anilines is 1. The molecule has 1 aromatic carbocycles. The summed E-state index contributed by atoms with van der Waals surface area (Å²) in [5, 5.41) is 8.66. The number of nitrogen functional groups attached to an aromatic ring is 1. The summed E-state index contributed by atoms with van der Waals surface area (Å²) in [6.45, 7) is 0.140. The second-order valence-electron chi connectivity index (χ2n) is 2.32. The lowest BCUT2D eigenvalue weighted by molar-refractivity contribution is 0.300. The molecule has 1 rings (SSSR count). The number of benzene rings is 1. The van der Waals surface area contributed by atoms with E-state index in [2.05, 4.69) is 15.9 Å². The van der Waals surface area contributed by atoms with Gasteiger partial charge in [-0.3, -0.25) is 0 Å². The maximum Gasteiger partial charge on any atom is 0.0472 e. The Morgan fingerprint density at radius 2 is 2.08 bits per heavy atom.